The van der Waals surface area contributed by atoms with Crippen LogP contribution in [0.5, 0.6) is 0 Å². The van der Waals surface area contributed by atoms with Crippen LogP contribution in [-0.4, -0.2) is 31.2 Å². The van der Waals surface area contributed by atoms with E-state index in [-0.39, 0.29) is 5.38 Å². The average Bonchev–Trinajstić information content (AvgIpc) is 2.15. The topological polar surface area (TPSA) is 21.3 Å². The van der Waals surface area contributed by atoms with Crippen LogP contribution in [-0.2, 0) is 4.74 Å². The lowest BCUT2D eigenvalue weighted by Gasteiger charge is -2.24. The van der Waals surface area contributed by atoms with Crippen LogP contribution in [0.15, 0.2) is 0 Å². The second kappa shape index (κ2) is 6.65. The van der Waals surface area contributed by atoms with E-state index in [4.69, 9.17) is 16.3 Å². The van der Waals surface area contributed by atoms with Gasteiger partial charge in [-0.2, -0.15) is 0 Å². The molecule has 0 aromatic rings. The van der Waals surface area contributed by atoms with Gasteiger partial charge >= 0.3 is 0 Å². The summed E-state index contributed by atoms with van der Waals surface area (Å²) in [6, 6.07) is 0.533. The molecule has 0 spiro atoms. The van der Waals surface area contributed by atoms with Crippen LogP contribution in [0.4, 0.5) is 0 Å². The Hall–Kier alpha value is 0.210. The summed E-state index contributed by atoms with van der Waals surface area (Å²) in [5, 5.41) is 3.81. The number of nitrogens with one attached hydrogen (secondary N) is 1. The molecule has 14 heavy (non-hydrogen) atoms. The normalized spacial score (nSPS) is 23.4. The number of hydrogen-bond donors (Lipinski definition) is 1. The highest BCUT2D eigenvalue weighted by Crippen LogP contribution is 2.14. The van der Waals surface area contributed by atoms with Crippen LogP contribution < -0.4 is 5.32 Å². The lowest BCUT2D eigenvalue weighted by Crippen LogP contribution is -2.34. The predicted octanol–water partition coefficient (Wildman–Crippen LogP) is 2.41. The predicted molar refractivity (Wildman–Crippen MR) is 60.9 cm³/mol. The molecule has 1 saturated heterocycles. The first-order valence-electron chi connectivity index (χ1n) is 5.63. The second-order valence-electron chi connectivity index (χ2n) is 4.38. The van der Waals surface area contributed by atoms with Gasteiger partial charge in [0.2, 0.25) is 0 Å². The molecule has 1 rings (SSSR count). The van der Waals surface area contributed by atoms with Gasteiger partial charge in [-0.25, -0.2) is 0 Å². The minimum atomic E-state index is 0.271. The summed E-state index contributed by atoms with van der Waals surface area (Å²) in [7, 11) is 0. The molecule has 0 bridgehead atoms. The molecule has 0 aromatic heterocycles. The molecule has 0 aromatic carbocycles. The molecule has 2 unspecified atom stereocenters. The molecule has 2 atom stereocenters. The Balaban J connectivity index is 2.06. The van der Waals surface area contributed by atoms with E-state index in [1.807, 2.05) is 6.92 Å². The van der Waals surface area contributed by atoms with Crippen molar-refractivity contribution >= 4 is 11.6 Å². The van der Waals surface area contributed by atoms with Crippen molar-refractivity contribution in [2.45, 2.75) is 44.5 Å². The Bertz CT molecular complexity index is 146. The van der Waals surface area contributed by atoms with Gasteiger partial charge in [0.1, 0.15) is 0 Å². The zero-order chi connectivity index (χ0) is 10.4. The molecule has 84 valence electrons. The van der Waals surface area contributed by atoms with E-state index in [0.29, 0.717) is 6.04 Å². The third-order valence-corrected chi connectivity index (χ3v) is 2.95. The van der Waals surface area contributed by atoms with E-state index in [1.165, 1.54) is 12.8 Å². The summed E-state index contributed by atoms with van der Waals surface area (Å²) in [6.45, 7) is 7.25. The maximum atomic E-state index is 5.93. The first kappa shape index (κ1) is 12.3. The second-order valence-corrected chi connectivity index (χ2v) is 5.13. The van der Waals surface area contributed by atoms with E-state index in [9.17, 15) is 0 Å². The van der Waals surface area contributed by atoms with Crippen molar-refractivity contribution in [3.05, 3.63) is 0 Å². The van der Waals surface area contributed by atoms with Gasteiger partial charge in [0.25, 0.3) is 0 Å². The highest BCUT2D eigenvalue weighted by molar-refractivity contribution is 6.20. The lowest BCUT2D eigenvalue weighted by atomic mass is 10.00. The third-order valence-electron chi connectivity index (χ3n) is 2.77. The average molecular weight is 220 g/mol. The molecular weight excluding hydrogens is 198 g/mol. The fourth-order valence-corrected chi connectivity index (χ4v) is 2.16. The van der Waals surface area contributed by atoms with Crippen molar-refractivity contribution in [3.8, 4) is 0 Å². The largest absolute Gasteiger partial charge is 0.381 e. The Morgan fingerprint density at radius 1 is 1.36 bits per heavy atom. The Labute approximate surface area is 92.3 Å². The monoisotopic (exact) mass is 219 g/mol. The maximum Gasteiger partial charge on any atom is 0.0469 e. The molecule has 1 fully saturated rings. The number of halogens is 1. The van der Waals surface area contributed by atoms with Crippen molar-refractivity contribution in [2.24, 2.45) is 5.92 Å². The molecule has 0 radical (unpaired) electrons. The van der Waals surface area contributed by atoms with Gasteiger partial charge in [0.05, 0.1) is 0 Å². The van der Waals surface area contributed by atoms with Gasteiger partial charge < -0.3 is 10.1 Å². The van der Waals surface area contributed by atoms with Gasteiger partial charge in [-0.05, 0) is 45.6 Å². The van der Waals surface area contributed by atoms with Crippen LogP contribution >= 0.6 is 11.6 Å². The Morgan fingerprint density at radius 2 is 2.00 bits per heavy atom. The van der Waals surface area contributed by atoms with Crippen LogP contribution in [0.2, 0.25) is 0 Å². The van der Waals surface area contributed by atoms with Crippen molar-refractivity contribution in [3.63, 3.8) is 0 Å². The molecule has 0 aliphatic carbocycles. The summed E-state index contributed by atoms with van der Waals surface area (Å²) >= 11 is 5.93. The SMILES string of the molecule is CC(Cl)CC(C)NCC1CCOCC1. The fourth-order valence-electron chi connectivity index (χ4n) is 1.89. The first-order chi connectivity index (χ1) is 6.68. The zero-order valence-corrected chi connectivity index (χ0v) is 10.0. The summed E-state index contributed by atoms with van der Waals surface area (Å²) in [4.78, 5) is 0. The van der Waals surface area contributed by atoms with E-state index in [1.54, 1.807) is 0 Å². The van der Waals surface area contributed by atoms with E-state index in [2.05, 4.69) is 12.2 Å². The number of ether oxygens (including phenoxy) is 1. The molecule has 1 heterocycles. The van der Waals surface area contributed by atoms with Crippen LogP contribution in [0.25, 0.3) is 0 Å². The summed E-state index contributed by atoms with van der Waals surface area (Å²) in [5.74, 6) is 0.803. The van der Waals surface area contributed by atoms with Crippen LogP contribution in [0, 0.1) is 5.92 Å². The summed E-state index contributed by atoms with van der Waals surface area (Å²) in [5.41, 5.74) is 0. The summed E-state index contributed by atoms with van der Waals surface area (Å²) in [6.07, 6.45) is 3.46. The van der Waals surface area contributed by atoms with Gasteiger partial charge in [0.15, 0.2) is 0 Å². The smallest absolute Gasteiger partial charge is 0.0469 e. The number of alkyl halides is 1. The van der Waals surface area contributed by atoms with Crippen LogP contribution in [0.3, 0.4) is 0 Å². The molecule has 1 aliphatic rings. The Kier molecular flexibility index (Phi) is 5.83. The van der Waals surface area contributed by atoms with Gasteiger partial charge in [-0.3, -0.25) is 0 Å². The van der Waals surface area contributed by atoms with Gasteiger partial charge in [0, 0.05) is 24.6 Å². The number of rotatable bonds is 5. The highest BCUT2D eigenvalue weighted by atomic mass is 35.5. The standard InChI is InChI=1S/C11H22ClNO/c1-9(12)7-10(2)13-8-11-3-5-14-6-4-11/h9-11,13H,3-8H2,1-2H3. The quantitative estimate of drug-likeness (QED) is 0.718. The Morgan fingerprint density at radius 3 is 2.57 bits per heavy atom. The molecule has 0 saturated carbocycles. The minimum Gasteiger partial charge on any atom is -0.381 e. The molecular formula is C11H22ClNO. The van der Waals surface area contributed by atoms with Crippen molar-refractivity contribution in [1.29, 1.82) is 0 Å². The van der Waals surface area contributed by atoms with Gasteiger partial charge in [-0.1, -0.05) is 0 Å². The first-order valence-corrected chi connectivity index (χ1v) is 6.07. The fraction of sp³-hybridized carbons (Fsp3) is 1.00. The maximum absolute atomic E-state index is 5.93. The molecule has 0 amide bonds. The molecule has 1 aliphatic heterocycles. The minimum absolute atomic E-state index is 0.271. The lowest BCUT2D eigenvalue weighted by molar-refractivity contribution is 0.0655. The van der Waals surface area contributed by atoms with Crippen LogP contribution in [0.1, 0.15) is 33.1 Å². The molecule has 3 heteroatoms. The third kappa shape index (κ3) is 5.18. The van der Waals surface area contributed by atoms with E-state index < -0.39 is 0 Å². The van der Waals surface area contributed by atoms with Crippen molar-refractivity contribution < 1.29 is 4.74 Å². The molecule has 1 N–H and O–H groups in total. The zero-order valence-electron chi connectivity index (χ0n) is 9.26. The summed E-state index contributed by atoms with van der Waals surface area (Å²) < 4.78 is 5.32. The highest BCUT2D eigenvalue weighted by Gasteiger charge is 2.14. The van der Waals surface area contributed by atoms with E-state index >= 15 is 0 Å². The van der Waals surface area contributed by atoms with Gasteiger partial charge in [-0.15, -0.1) is 11.6 Å². The number of hydrogen-bond acceptors (Lipinski definition) is 2. The van der Waals surface area contributed by atoms with Crippen molar-refractivity contribution in [1.82, 2.24) is 5.32 Å². The molecule has 2 nitrogen and oxygen atoms in total. The van der Waals surface area contributed by atoms with Crippen molar-refractivity contribution in [2.75, 3.05) is 19.8 Å². The van der Waals surface area contributed by atoms with E-state index in [0.717, 1.165) is 32.1 Å².